The number of likely N-dealkylation sites (tertiary alicyclic amines) is 1. The fourth-order valence-corrected chi connectivity index (χ4v) is 4.49. The van der Waals surface area contributed by atoms with E-state index in [1.807, 2.05) is 4.90 Å². The zero-order valence-electron chi connectivity index (χ0n) is 15.2. The number of carbonyl (C=O) groups is 3. The first kappa shape index (κ1) is 17.6. The molecule has 0 bridgehead atoms. The molecule has 0 spiro atoms. The summed E-state index contributed by atoms with van der Waals surface area (Å²) in [6.07, 6.45) is 0.223. The van der Waals surface area contributed by atoms with Gasteiger partial charge in [-0.3, -0.25) is 24.6 Å². The minimum absolute atomic E-state index is 0.191. The van der Waals surface area contributed by atoms with Gasteiger partial charge in [-0.2, -0.15) is 0 Å². The van der Waals surface area contributed by atoms with Gasteiger partial charge in [-0.05, 0) is 24.1 Å². The molecule has 1 aromatic rings. The molecule has 1 atom stereocenters. The third-order valence-corrected chi connectivity index (χ3v) is 6.20. The van der Waals surface area contributed by atoms with Crippen LogP contribution < -0.4 is 10.2 Å². The Morgan fingerprint density at radius 2 is 1.86 bits per heavy atom. The molecule has 5 rings (SSSR count). The number of nitrogens with one attached hydrogen (secondary N) is 1. The van der Waals surface area contributed by atoms with Crippen LogP contribution in [0.4, 0.5) is 10.1 Å². The van der Waals surface area contributed by atoms with E-state index >= 15 is 0 Å². The number of carbonyl (C=O) groups excluding carboxylic acids is 3. The number of anilines is 1. The summed E-state index contributed by atoms with van der Waals surface area (Å²) < 4.78 is 14.7. The van der Waals surface area contributed by atoms with Crippen molar-refractivity contribution in [3.8, 4) is 0 Å². The Morgan fingerprint density at radius 1 is 1.11 bits per heavy atom. The number of fused-ring (bicyclic) bond motifs is 1. The van der Waals surface area contributed by atoms with Gasteiger partial charge in [-0.15, -0.1) is 0 Å². The Kier molecular flexibility index (Phi) is 3.92. The van der Waals surface area contributed by atoms with Crippen molar-refractivity contribution in [1.82, 2.24) is 15.1 Å². The molecule has 3 amide bonds. The summed E-state index contributed by atoms with van der Waals surface area (Å²) in [5.74, 6) is -1.62. The highest BCUT2D eigenvalue weighted by molar-refractivity contribution is 6.05. The maximum absolute atomic E-state index is 14.7. The summed E-state index contributed by atoms with van der Waals surface area (Å²) in [5, 5.41) is 11.7. The number of aliphatic hydroxyl groups is 1. The first-order valence-electron chi connectivity index (χ1n) is 9.55. The fraction of sp³-hybridized carbons (Fsp3) is 0.526. The van der Waals surface area contributed by atoms with Crippen LogP contribution in [-0.4, -0.2) is 77.0 Å². The van der Waals surface area contributed by atoms with Crippen LogP contribution in [0.25, 0.3) is 0 Å². The van der Waals surface area contributed by atoms with Gasteiger partial charge in [0, 0.05) is 50.7 Å². The molecule has 4 aliphatic heterocycles. The first-order valence-corrected chi connectivity index (χ1v) is 9.55. The molecule has 148 valence electrons. The zero-order valence-corrected chi connectivity index (χ0v) is 15.2. The van der Waals surface area contributed by atoms with E-state index in [0.29, 0.717) is 43.5 Å². The molecule has 28 heavy (non-hydrogen) atoms. The molecule has 3 fully saturated rings. The second kappa shape index (κ2) is 6.25. The average Bonchev–Trinajstić information content (AvgIpc) is 2.88. The summed E-state index contributed by atoms with van der Waals surface area (Å²) in [7, 11) is 0. The molecule has 0 saturated carbocycles. The number of amides is 3. The van der Waals surface area contributed by atoms with E-state index in [-0.39, 0.29) is 42.9 Å². The maximum Gasteiger partial charge on any atom is 0.255 e. The van der Waals surface area contributed by atoms with Gasteiger partial charge in [0.25, 0.3) is 5.91 Å². The van der Waals surface area contributed by atoms with Gasteiger partial charge in [0.1, 0.15) is 11.9 Å². The van der Waals surface area contributed by atoms with Crippen molar-refractivity contribution in [2.24, 2.45) is 0 Å². The smallest absolute Gasteiger partial charge is 0.255 e. The number of aliphatic hydroxyl groups excluding tert-OH is 1. The van der Waals surface area contributed by atoms with Crippen LogP contribution in [0.3, 0.4) is 0 Å². The van der Waals surface area contributed by atoms with Gasteiger partial charge >= 0.3 is 0 Å². The molecule has 1 aromatic carbocycles. The number of rotatable bonds is 3. The molecule has 4 aliphatic rings. The van der Waals surface area contributed by atoms with Gasteiger partial charge in [-0.25, -0.2) is 4.39 Å². The van der Waals surface area contributed by atoms with Gasteiger partial charge in [0.2, 0.25) is 11.8 Å². The van der Waals surface area contributed by atoms with E-state index in [9.17, 15) is 23.9 Å². The zero-order chi connectivity index (χ0) is 19.6. The third kappa shape index (κ3) is 2.68. The van der Waals surface area contributed by atoms with Crippen LogP contribution in [0.1, 0.15) is 28.8 Å². The second-order valence-corrected chi connectivity index (χ2v) is 8.03. The lowest BCUT2D eigenvalue weighted by Gasteiger charge is -2.51. The molecule has 8 nitrogen and oxygen atoms in total. The number of benzene rings is 1. The summed E-state index contributed by atoms with van der Waals surface area (Å²) in [6.45, 7) is 2.95. The van der Waals surface area contributed by atoms with Crippen LogP contribution in [-0.2, 0) is 16.1 Å². The Bertz CT molecular complexity index is 879. The van der Waals surface area contributed by atoms with E-state index in [1.54, 1.807) is 6.07 Å². The number of β-amino-alcohol motifs (C(OH)–C–C–N with tert-alkyl or cyclic N) is 1. The van der Waals surface area contributed by atoms with Crippen LogP contribution >= 0.6 is 0 Å². The van der Waals surface area contributed by atoms with E-state index in [4.69, 9.17) is 0 Å². The Labute approximate surface area is 160 Å². The molecule has 1 unspecified atom stereocenters. The standard InChI is InChI=1S/C19H21FN4O4/c20-14-4-13-10(3-16(14)23-6-11(7-23)22-8-12(25)9-22)5-24(19(13)28)15-1-2-17(26)21-18(15)27/h3-4,11-12,15,25H,1-2,5-9H2,(H,21,26,27). The summed E-state index contributed by atoms with van der Waals surface area (Å²) in [6, 6.07) is 2.59. The average molecular weight is 388 g/mol. The minimum Gasteiger partial charge on any atom is -0.390 e. The number of hydrogen-bond donors (Lipinski definition) is 2. The van der Waals surface area contributed by atoms with E-state index in [0.717, 1.165) is 0 Å². The Hall–Kier alpha value is -2.52. The van der Waals surface area contributed by atoms with Crippen LogP contribution in [0.15, 0.2) is 12.1 Å². The van der Waals surface area contributed by atoms with Gasteiger partial charge < -0.3 is 14.9 Å². The first-order chi connectivity index (χ1) is 13.4. The molecule has 0 aliphatic carbocycles. The number of halogens is 1. The van der Waals surface area contributed by atoms with Crippen molar-refractivity contribution in [3.05, 3.63) is 29.1 Å². The lowest BCUT2D eigenvalue weighted by molar-refractivity contribution is -0.136. The predicted molar refractivity (Wildman–Crippen MR) is 96.0 cm³/mol. The fourth-order valence-electron chi connectivity index (χ4n) is 4.49. The summed E-state index contributed by atoms with van der Waals surface area (Å²) in [5.41, 5.74) is 1.46. The molecule has 0 radical (unpaired) electrons. The van der Waals surface area contributed by atoms with E-state index in [2.05, 4.69) is 10.2 Å². The Morgan fingerprint density at radius 3 is 2.54 bits per heavy atom. The minimum atomic E-state index is -0.699. The monoisotopic (exact) mass is 388 g/mol. The van der Waals surface area contributed by atoms with Crippen molar-refractivity contribution in [3.63, 3.8) is 0 Å². The van der Waals surface area contributed by atoms with Crippen LogP contribution in [0.5, 0.6) is 0 Å². The van der Waals surface area contributed by atoms with Gasteiger partial charge in [0.15, 0.2) is 0 Å². The molecule has 3 saturated heterocycles. The highest BCUT2D eigenvalue weighted by atomic mass is 19.1. The third-order valence-electron chi connectivity index (χ3n) is 6.20. The molecular formula is C19H21FN4O4. The topological polar surface area (TPSA) is 93.2 Å². The lowest BCUT2D eigenvalue weighted by Crippen LogP contribution is -2.67. The van der Waals surface area contributed by atoms with Crippen molar-refractivity contribution >= 4 is 23.4 Å². The number of hydrogen-bond acceptors (Lipinski definition) is 6. The SMILES string of the molecule is O=C1CCC(N2Cc3cc(N4CC(N5CC(O)C5)C4)c(F)cc3C2=O)C(=O)N1. The highest BCUT2D eigenvalue weighted by Crippen LogP contribution is 2.35. The second-order valence-electron chi connectivity index (χ2n) is 8.03. The summed E-state index contributed by atoms with van der Waals surface area (Å²) >= 11 is 0. The van der Waals surface area contributed by atoms with Crippen LogP contribution in [0, 0.1) is 5.82 Å². The highest BCUT2D eigenvalue weighted by Gasteiger charge is 2.42. The molecule has 2 N–H and O–H groups in total. The van der Waals surface area contributed by atoms with Crippen molar-refractivity contribution in [2.45, 2.75) is 37.6 Å². The van der Waals surface area contributed by atoms with Crippen LogP contribution in [0.2, 0.25) is 0 Å². The number of nitrogens with zero attached hydrogens (tertiary/aromatic N) is 3. The number of imide groups is 1. The lowest BCUT2D eigenvalue weighted by atomic mass is 9.99. The largest absolute Gasteiger partial charge is 0.390 e. The Balaban J connectivity index is 1.31. The van der Waals surface area contributed by atoms with Crippen molar-refractivity contribution in [1.29, 1.82) is 0 Å². The number of piperidine rings is 1. The molecule has 9 heteroatoms. The summed E-state index contributed by atoms with van der Waals surface area (Å²) in [4.78, 5) is 41.7. The quantitative estimate of drug-likeness (QED) is 0.675. The predicted octanol–water partition coefficient (Wildman–Crippen LogP) is -0.548. The normalized spacial score (nSPS) is 26.2. The van der Waals surface area contributed by atoms with E-state index in [1.165, 1.54) is 11.0 Å². The van der Waals surface area contributed by atoms with Gasteiger partial charge in [-0.1, -0.05) is 0 Å². The molecular weight excluding hydrogens is 367 g/mol. The van der Waals surface area contributed by atoms with Crippen molar-refractivity contribution < 1.29 is 23.9 Å². The maximum atomic E-state index is 14.7. The van der Waals surface area contributed by atoms with Gasteiger partial charge in [0.05, 0.1) is 11.8 Å². The molecule has 4 heterocycles. The van der Waals surface area contributed by atoms with E-state index < -0.39 is 17.8 Å². The van der Waals surface area contributed by atoms with Crippen molar-refractivity contribution in [2.75, 3.05) is 31.1 Å². The molecule has 0 aromatic heterocycles.